The Bertz CT molecular complexity index is 1190. The van der Waals surface area contributed by atoms with E-state index in [-0.39, 0.29) is 11.0 Å². The van der Waals surface area contributed by atoms with Crippen LogP contribution in [0.1, 0.15) is 29.9 Å². The van der Waals surface area contributed by atoms with Crippen molar-refractivity contribution in [1.82, 2.24) is 19.7 Å². The predicted octanol–water partition coefficient (Wildman–Crippen LogP) is 5.13. The summed E-state index contributed by atoms with van der Waals surface area (Å²) in [5, 5.41) is 10.2. The number of H-pyrrole nitrogens is 1. The largest absolute Gasteiger partial charge is 0.497 e. The van der Waals surface area contributed by atoms with Crippen molar-refractivity contribution >= 4 is 28.4 Å². The van der Waals surface area contributed by atoms with Crippen LogP contribution in [-0.2, 0) is 6.54 Å². The van der Waals surface area contributed by atoms with Crippen molar-refractivity contribution in [3.8, 4) is 17.1 Å². The van der Waals surface area contributed by atoms with Crippen LogP contribution in [0, 0.1) is 6.92 Å². The molecular formula is C23H24N4O2S. The number of para-hydroxylation sites is 1. The fraction of sp³-hybridized carbons (Fsp3) is 0.261. The van der Waals surface area contributed by atoms with Crippen LogP contribution in [0.25, 0.3) is 22.3 Å². The number of aromatic nitrogens is 4. The molecule has 4 aromatic rings. The van der Waals surface area contributed by atoms with Crippen molar-refractivity contribution in [3.63, 3.8) is 0 Å². The number of nitrogens with one attached hydrogen (secondary N) is 1. The zero-order valence-electron chi connectivity index (χ0n) is 17.5. The van der Waals surface area contributed by atoms with Gasteiger partial charge in [-0.15, -0.1) is 10.2 Å². The SMILES string of the molecule is CCn1c(S[C@@H](C)C(=O)c2c(C)[nH]c3ccccc23)nnc1-c1ccc(OC)cc1. The molecule has 0 aliphatic heterocycles. The van der Waals surface area contributed by atoms with E-state index in [2.05, 4.69) is 22.1 Å². The van der Waals surface area contributed by atoms with Crippen LogP contribution in [-0.4, -0.2) is 37.9 Å². The number of fused-ring (bicyclic) bond motifs is 1. The summed E-state index contributed by atoms with van der Waals surface area (Å²) in [6, 6.07) is 15.6. The van der Waals surface area contributed by atoms with Crippen LogP contribution in [0.4, 0.5) is 0 Å². The monoisotopic (exact) mass is 420 g/mol. The molecule has 4 rings (SSSR count). The van der Waals surface area contributed by atoms with Gasteiger partial charge in [-0.05, 0) is 51.1 Å². The van der Waals surface area contributed by atoms with E-state index >= 15 is 0 Å². The maximum Gasteiger partial charge on any atom is 0.192 e. The van der Waals surface area contributed by atoms with Crippen LogP contribution in [0.15, 0.2) is 53.7 Å². The summed E-state index contributed by atoms with van der Waals surface area (Å²) in [7, 11) is 1.64. The zero-order valence-corrected chi connectivity index (χ0v) is 18.3. The van der Waals surface area contributed by atoms with Gasteiger partial charge in [-0.25, -0.2) is 0 Å². The number of aromatic amines is 1. The molecule has 0 radical (unpaired) electrons. The fourth-order valence-electron chi connectivity index (χ4n) is 3.62. The van der Waals surface area contributed by atoms with E-state index in [4.69, 9.17) is 4.74 Å². The molecule has 0 amide bonds. The minimum absolute atomic E-state index is 0.0894. The summed E-state index contributed by atoms with van der Waals surface area (Å²) in [5.41, 5.74) is 3.59. The number of carbonyl (C=O) groups excluding carboxylic acids is 1. The third-order valence-corrected chi connectivity index (χ3v) is 6.25. The number of thioether (sulfide) groups is 1. The van der Waals surface area contributed by atoms with Gasteiger partial charge in [-0.1, -0.05) is 30.0 Å². The van der Waals surface area contributed by atoms with E-state index in [9.17, 15) is 4.79 Å². The first-order chi connectivity index (χ1) is 14.5. The number of methoxy groups -OCH3 is 1. The number of hydrogen-bond donors (Lipinski definition) is 1. The highest BCUT2D eigenvalue weighted by Crippen LogP contribution is 2.31. The molecule has 2 aromatic heterocycles. The molecule has 154 valence electrons. The van der Waals surface area contributed by atoms with E-state index in [1.165, 1.54) is 11.8 Å². The predicted molar refractivity (Wildman–Crippen MR) is 120 cm³/mol. The molecule has 30 heavy (non-hydrogen) atoms. The van der Waals surface area contributed by atoms with E-state index in [1.54, 1.807) is 7.11 Å². The molecule has 0 spiro atoms. The normalized spacial score (nSPS) is 12.3. The summed E-state index contributed by atoms with van der Waals surface area (Å²) in [5.74, 6) is 1.67. The number of rotatable bonds is 7. The fourth-order valence-corrected chi connectivity index (χ4v) is 4.60. The van der Waals surface area contributed by atoms with Gasteiger partial charge < -0.3 is 14.3 Å². The minimum Gasteiger partial charge on any atom is -0.497 e. The number of carbonyl (C=O) groups is 1. The molecule has 0 bridgehead atoms. The van der Waals surface area contributed by atoms with Gasteiger partial charge in [0, 0.05) is 34.3 Å². The lowest BCUT2D eigenvalue weighted by atomic mass is 10.1. The van der Waals surface area contributed by atoms with Gasteiger partial charge in [0.1, 0.15) is 5.75 Å². The third-order valence-electron chi connectivity index (χ3n) is 5.17. The average Bonchev–Trinajstić information content (AvgIpc) is 3.32. The average molecular weight is 421 g/mol. The van der Waals surface area contributed by atoms with Crippen molar-refractivity contribution in [1.29, 1.82) is 0 Å². The third kappa shape index (κ3) is 3.61. The topological polar surface area (TPSA) is 72.8 Å². The lowest BCUT2D eigenvalue weighted by Crippen LogP contribution is -2.15. The van der Waals surface area contributed by atoms with Crippen molar-refractivity contribution in [2.24, 2.45) is 0 Å². The Labute approximate surface area is 179 Å². The van der Waals surface area contributed by atoms with Gasteiger partial charge in [0.25, 0.3) is 0 Å². The minimum atomic E-state index is -0.291. The molecule has 1 atom stereocenters. The van der Waals surface area contributed by atoms with Gasteiger partial charge >= 0.3 is 0 Å². The molecule has 0 unspecified atom stereocenters. The van der Waals surface area contributed by atoms with E-state index in [1.807, 2.05) is 66.9 Å². The molecule has 6 nitrogen and oxygen atoms in total. The number of benzene rings is 2. The maximum atomic E-state index is 13.3. The summed E-state index contributed by atoms with van der Waals surface area (Å²) in [4.78, 5) is 16.6. The molecule has 0 saturated carbocycles. The number of aryl methyl sites for hydroxylation is 1. The summed E-state index contributed by atoms with van der Waals surface area (Å²) in [6.45, 7) is 6.64. The first kappa shape index (κ1) is 20.2. The maximum absolute atomic E-state index is 13.3. The summed E-state index contributed by atoms with van der Waals surface area (Å²) < 4.78 is 7.27. The second kappa shape index (κ2) is 8.36. The summed E-state index contributed by atoms with van der Waals surface area (Å²) >= 11 is 1.44. The number of hydrogen-bond acceptors (Lipinski definition) is 5. The lowest BCUT2D eigenvalue weighted by Gasteiger charge is -2.12. The van der Waals surface area contributed by atoms with Gasteiger partial charge in [-0.2, -0.15) is 0 Å². The standard InChI is InChI=1S/C23H24N4O2S/c1-5-27-22(16-10-12-17(29-4)13-11-16)25-26-23(27)30-15(3)21(28)20-14(2)24-19-9-7-6-8-18(19)20/h6-13,15,24H,5H2,1-4H3/t15-/m0/s1. The number of nitrogens with zero attached hydrogens (tertiary/aromatic N) is 3. The van der Waals surface area contributed by atoms with Crippen molar-refractivity contribution in [2.45, 2.75) is 37.7 Å². The number of ether oxygens (including phenoxy) is 1. The smallest absolute Gasteiger partial charge is 0.192 e. The van der Waals surface area contributed by atoms with E-state index in [0.29, 0.717) is 6.54 Å². The molecule has 0 saturated heterocycles. The first-order valence-corrected chi connectivity index (χ1v) is 10.8. The quantitative estimate of drug-likeness (QED) is 0.332. The van der Waals surface area contributed by atoms with Crippen molar-refractivity contribution < 1.29 is 9.53 Å². The highest BCUT2D eigenvalue weighted by Gasteiger charge is 2.25. The number of ketones is 1. The van der Waals surface area contributed by atoms with Crippen LogP contribution >= 0.6 is 11.8 Å². The first-order valence-electron chi connectivity index (χ1n) is 9.89. The summed E-state index contributed by atoms with van der Waals surface area (Å²) in [6.07, 6.45) is 0. The van der Waals surface area contributed by atoms with Crippen LogP contribution in [0.3, 0.4) is 0 Å². The van der Waals surface area contributed by atoms with Crippen LogP contribution in [0.2, 0.25) is 0 Å². The second-order valence-corrected chi connectivity index (χ2v) is 8.38. The number of Topliss-reactive ketones (excluding diaryl/α,β-unsaturated/α-hetero) is 1. The van der Waals surface area contributed by atoms with E-state index < -0.39 is 0 Å². The Hall–Kier alpha value is -3.06. The zero-order chi connectivity index (χ0) is 21.3. The highest BCUT2D eigenvalue weighted by molar-refractivity contribution is 8.00. The second-order valence-electron chi connectivity index (χ2n) is 7.07. The Morgan fingerprint density at radius 2 is 1.90 bits per heavy atom. The highest BCUT2D eigenvalue weighted by atomic mass is 32.2. The molecule has 2 heterocycles. The Balaban J connectivity index is 1.61. The van der Waals surface area contributed by atoms with Crippen LogP contribution in [0.5, 0.6) is 5.75 Å². The molecule has 1 N–H and O–H groups in total. The van der Waals surface area contributed by atoms with Gasteiger partial charge in [0.05, 0.1) is 12.4 Å². The van der Waals surface area contributed by atoms with E-state index in [0.717, 1.165) is 44.5 Å². The molecule has 0 fully saturated rings. The molecule has 0 aliphatic carbocycles. The van der Waals surface area contributed by atoms with Crippen LogP contribution < -0.4 is 4.74 Å². The lowest BCUT2D eigenvalue weighted by molar-refractivity contribution is 0.0995. The Morgan fingerprint density at radius 3 is 2.60 bits per heavy atom. The molecular weight excluding hydrogens is 396 g/mol. The molecule has 2 aromatic carbocycles. The van der Waals surface area contributed by atoms with Gasteiger partial charge in [0.15, 0.2) is 16.8 Å². The Morgan fingerprint density at radius 1 is 1.17 bits per heavy atom. The molecule has 0 aliphatic rings. The molecule has 7 heteroatoms. The van der Waals surface area contributed by atoms with Gasteiger partial charge in [-0.3, -0.25) is 4.79 Å². The van der Waals surface area contributed by atoms with Gasteiger partial charge in [0.2, 0.25) is 0 Å². The Kier molecular flexibility index (Phi) is 5.63. The van der Waals surface area contributed by atoms with Crippen molar-refractivity contribution in [3.05, 3.63) is 59.8 Å². The van der Waals surface area contributed by atoms with Crippen molar-refractivity contribution in [2.75, 3.05) is 7.11 Å².